The van der Waals surface area contributed by atoms with E-state index in [0.29, 0.717) is 11.8 Å². The average molecular weight is 368 g/mol. The van der Waals surface area contributed by atoms with Crippen LogP contribution in [0.1, 0.15) is 64.2 Å². The number of ether oxygens (including phenoxy) is 4. The van der Waals surface area contributed by atoms with Gasteiger partial charge in [-0.25, -0.2) is 0 Å². The second-order valence-corrected chi connectivity index (χ2v) is 8.92. The number of fused-ring (bicyclic) bond motifs is 2. The van der Waals surface area contributed by atoms with Gasteiger partial charge in [0.15, 0.2) is 12.6 Å². The van der Waals surface area contributed by atoms with E-state index < -0.39 is 36.6 Å². The molecule has 5 fully saturated rings. The van der Waals surface area contributed by atoms with Gasteiger partial charge < -0.3 is 29.2 Å². The van der Waals surface area contributed by atoms with Crippen molar-refractivity contribution in [2.75, 3.05) is 0 Å². The third-order valence-corrected chi connectivity index (χ3v) is 7.23. The van der Waals surface area contributed by atoms with Gasteiger partial charge in [0.2, 0.25) is 0 Å². The molecule has 0 spiro atoms. The summed E-state index contributed by atoms with van der Waals surface area (Å²) >= 11 is 0. The summed E-state index contributed by atoms with van der Waals surface area (Å²) in [7, 11) is 0. The fraction of sp³-hybridized carbons (Fsp3) is 1.00. The summed E-state index contributed by atoms with van der Waals surface area (Å²) in [4.78, 5) is 0. The SMILES string of the molecule is O[C@@H]1C2OC(C3CCCCC3)OC2[C@@H](O)[C@@H]2OC(C3CCCCC3)O[C@H]21. The van der Waals surface area contributed by atoms with Crippen molar-refractivity contribution in [1.82, 2.24) is 0 Å². The van der Waals surface area contributed by atoms with Gasteiger partial charge in [-0.1, -0.05) is 38.5 Å². The Kier molecular flexibility index (Phi) is 5.01. The summed E-state index contributed by atoms with van der Waals surface area (Å²) in [5.74, 6) is 0.732. The lowest BCUT2D eigenvalue weighted by Crippen LogP contribution is -2.61. The highest BCUT2D eigenvalue weighted by molar-refractivity contribution is 5.06. The van der Waals surface area contributed by atoms with Crippen LogP contribution in [0.5, 0.6) is 0 Å². The van der Waals surface area contributed by atoms with E-state index in [9.17, 15) is 10.2 Å². The van der Waals surface area contributed by atoms with Gasteiger partial charge in [0.25, 0.3) is 0 Å². The average Bonchev–Trinajstić information content (AvgIpc) is 3.33. The van der Waals surface area contributed by atoms with Crippen LogP contribution in [0.3, 0.4) is 0 Å². The third kappa shape index (κ3) is 3.03. The Morgan fingerprint density at radius 3 is 1.08 bits per heavy atom. The van der Waals surface area contributed by atoms with Gasteiger partial charge >= 0.3 is 0 Å². The van der Waals surface area contributed by atoms with Crippen molar-refractivity contribution >= 4 is 0 Å². The van der Waals surface area contributed by atoms with Crippen LogP contribution in [-0.2, 0) is 18.9 Å². The zero-order valence-electron chi connectivity index (χ0n) is 15.4. The molecule has 26 heavy (non-hydrogen) atoms. The molecule has 6 nitrogen and oxygen atoms in total. The standard InChI is InChI=1S/C20H32O6/c21-13-15-16(24-19(23-15)11-7-3-1-4-8-11)14(22)18-17(13)25-20(26-18)12-9-5-2-6-10-12/h11-22H,1-10H2/t13-,14-,15-,16-,17?,18?,19?,20?/m0/s1. The molecule has 2 aliphatic heterocycles. The van der Waals surface area contributed by atoms with Crippen LogP contribution in [0.2, 0.25) is 0 Å². The Hall–Kier alpha value is -0.240. The first-order chi connectivity index (χ1) is 12.7. The largest absolute Gasteiger partial charge is 0.387 e. The van der Waals surface area contributed by atoms with Crippen molar-refractivity contribution in [3.8, 4) is 0 Å². The molecule has 0 aromatic heterocycles. The van der Waals surface area contributed by atoms with Crippen LogP contribution in [0.25, 0.3) is 0 Å². The van der Waals surface area contributed by atoms with Gasteiger partial charge in [0.1, 0.15) is 36.6 Å². The van der Waals surface area contributed by atoms with Gasteiger partial charge in [-0.15, -0.1) is 0 Å². The van der Waals surface area contributed by atoms with E-state index in [2.05, 4.69) is 0 Å². The number of rotatable bonds is 2. The summed E-state index contributed by atoms with van der Waals surface area (Å²) in [6.45, 7) is 0. The monoisotopic (exact) mass is 368 g/mol. The molecular formula is C20H32O6. The summed E-state index contributed by atoms with van der Waals surface area (Å²) < 4.78 is 24.4. The zero-order valence-corrected chi connectivity index (χ0v) is 15.4. The molecule has 6 atom stereocenters. The molecule has 0 bridgehead atoms. The Morgan fingerprint density at radius 2 is 0.769 bits per heavy atom. The lowest BCUT2D eigenvalue weighted by Gasteiger charge is -2.38. The fourth-order valence-corrected chi connectivity index (χ4v) is 5.72. The van der Waals surface area contributed by atoms with Gasteiger partial charge in [-0.05, 0) is 25.7 Å². The quantitative estimate of drug-likeness (QED) is 0.777. The van der Waals surface area contributed by atoms with E-state index in [1.165, 1.54) is 38.5 Å². The normalized spacial score (nSPS) is 50.5. The van der Waals surface area contributed by atoms with E-state index in [-0.39, 0.29) is 12.6 Å². The second kappa shape index (κ2) is 7.30. The number of hydrogen-bond donors (Lipinski definition) is 2. The van der Waals surface area contributed by atoms with E-state index in [1.54, 1.807) is 0 Å². The van der Waals surface area contributed by atoms with Crippen molar-refractivity contribution in [2.24, 2.45) is 11.8 Å². The highest BCUT2D eigenvalue weighted by Gasteiger charge is 2.61. The molecular weight excluding hydrogens is 336 g/mol. The van der Waals surface area contributed by atoms with Crippen molar-refractivity contribution < 1.29 is 29.2 Å². The molecule has 6 heteroatoms. The summed E-state index contributed by atoms with van der Waals surface area (Å²) in [6.07, 6.45) is 7.41. The lowest BCUT2D eigenvalue weighted by atomic mass is 9.85. The maximum atomic E-state index is 10.9. The molecule has 2 unspecified atom stereocenters. The minimum absolute atomic E-state index is 0.317. The fourth-order valence-electron chi connectivity index (χ4n) is 5.72. The topological polar surface area (TPSA) is 77.4 Å². The molecule has 0 amide bonds. The van der Waals surface area contributed by atoms with Crippen LogP contribution in [-0.4, -0.2) is 59.4 Å². The van der Waals surface area contributed by atoms with Crippen molar-refractivity contribution in [2.45, 2.75) is 113 Å². The van der Waals surface area contributed by atoms with Crippen molar-refractivity contribution in [3.05, 3.63) is 0 Å². The van der Waals surface area contributed by atoms with Gasteiger partial charge in [0, 0.05) is 11.8 Å². The number of aliphatic hydroxyl groups excluding tert-OH is 2. The van der Waals surface area contributed by atoms with Crippen LogP contribution in [0.4, 0.5) is 0 Å². The molecule has 148 valence electrons. The van der Waals surface area contributed by atoms with Crippen LogP contribution in [0, 0.1) is 11.8 Å². The number of hydrogen-bond acceptors (Lipinski definition) is 6. The molecule has 5 rings (SSSR count). The predicted octanol–water partition coefficient (Wildman–Crippen LogP) is 2.10. The number of aliphatic hydroxyl groups is 2. The highest BCUT2D eigenvalue weighted by Crippen LogP contribution is 2.44. The van der Waals surface area contributed by atoms with Gasteiger partial charge in [-0.2, -0.15) is 0 Å². The van der Waals surface area contributed by atoms with Crippen molar-refractivity contribution in [1.29, 1.82) is 0 Å². The first-order valence-corrected chi connectivity index (χ1v) is 10.7. The maximum Gasteiger partial charge on any atom is 0.161 e. The Labute approximate surface area is 155 Å². The maximum absolute atomic E-state index is 10.9. The lowest BCUT2D eigenvalue weighted by molar-refractivity contribution is -0.152. The molecule has 2 heterocycles. The predicted molar refractivity (Wildman–Crippen MR) is 92.2 cm³/mol. The minimum Gasteiger partial charge on any atom is -0.387 e. The first-order valence-electron chi connectivity index (χ1n) is 10.7. The summed E-state index contributed by atoms with van der Waals surface area (Å²) in [5.41, 5.74) is 0. The van der Waals surface area contributed by atoms with Crippen molar-refractivity contribution in [3.63, 3.8) is 0 Å². The molecule has 3 saturated carbocycles. The zero-order chi connectivity index (χ0) is 17.7. The van der Waals surface area contributed by atoms with E-state index in [0.717, 1.165) is 25.7 Å². The molecule has 2 N–H and O–H groups in total. The van der Waals surface area contributed by atoms with E-state index in [1.807, 2.05) is 0 Å². The summed E-state index contributed by atoms with van der Waals surface area (Å²) in [6, 6.07) is 0. The van der Waals surface area contributed by atoms with E-state index in [4.69, 9.17) is 18.9 Å². The first kappa shape index (κ1) is 17.8. The molecule has 0 aromatic carbocycles. The second-order valence-electron chi connectivity index (χ2n) is 8.92. The molecule has 2 saturated heterocycles. The third-order valence-electron chi connectivity index (χ3n) is 7.23. The summed E-state index contributed by atoms with van der Waals surface area (Å²) in [5, 5.41) is 21.8. The minimum atomic E-state index is -0.810. The van der Waals surface area contributed by atoms with E-state index >= 15 is 0 Å². The Balaban J connectivity index is 1.27. The molecule has 0 radical (unpaired) electrons. The molecule has 5 aliphatic rings. The van der Waals surface area contributed by atoms with Gasteiger partial charge in [-0.3, -0.25) is 0 Å². The van der Waals surface area contributed by atoms with Gasteiger partial charge in [0.05, 0.1) is 0 Å². The smallest absolute Gasteiger partial charge is 0.161 e. The Bertz CT molecular complexity index is 421. The Morgan fingerprint density at radius 1 is 0.462 bits per heavy atom. The van der Waals surface area contributed by atoms with Crippen LogP contribution >= 0.6 is 0 Å². The van der Waals surface area contributed by atoms with Crippen LogP contribution < -0.4 is 0 Å². The highest BCUT2D eigenvalue weighted by atomic mass is 16.8. The molecule has 0 aromatic rings. The van der Waals surface area contributed by atoms with Crippen LogP contribution in [0.15, 0.2) is 0 Å². The molecule has 3 aliphatic carbocycles.